The van der Waals surface area contributed by atoms with Crippen LogP contribution in [-0.2, 0) is 0 Å². The summed E-state index contributed by atoms with van der Waals surface area (Å²) in [6.45, 7) is 6.67. The lowest BCUT2D eigenvalue weighted by Crippen LogP contribution is -2.35. The van der Waals surface area contributed by atoms with Crippen molar-refractivity contribution in [3.8, 4) is 0 Å². The van der Waals surface area contributed by atoms with Gasteiger partial charge < -0.3 is 0 Å². The number of hydrogen-bond acceptors (Lipinski definition) is 2. The lowest BCUT2D eigenvalue weighted by atomic mass is 9.94. The van der Waals surface area contributed by atoms with Gasteiger partial charge in [-0.3, -0.25) is 11.3 Å². The van der Waals surface area contributed by atoms with Gasteiger partial charge in [0.1, 0.15) is 0 Å². The highest BCUT2D eigenvalue weighted by Gasteiger charge is 2.09. The fraction of sp³-hybridized carbons (Fsp3) is 1.00. The zero-order valence-corrected chi connectivity index (χ0v) is 8.06. The first-order valence-electron chi connectivity index (χ1n) is 4.74. The lowest BCUT2D eigenvalue weighted by molar-refractivity contribution is 0.362. The summed E-state index contributed by atoms with van der Waals surface area (Å²) >= 11 is 0. The van der Waals surface area contributed by atoms with Crippen LogP contribution in [0.1, 0.15) is 46.5 Å². The van der Waals surface area contributed by atoms with Gasteiger partial charge in [-0.15, -0.1) is 0 Å². The summed E-state index contributed by atoms with van der Waals surface area (Å²) in [5, 5.41) is 0. The van der Waals surface area contributed by atoms with Crippen LogP contribution in [-0.4, -0.2) is 6.04 Å². The number of rotatable bonds is 6. The summed E-state index contributed by atoms with van der Waals surface area (Å²) in [5.41, 5.74) is 2.85. The molecule has 0 aliphatic heterocycles. The average molecular weight is 158 g/mol. The van der Waals surface area contributed by atoms with Crippen molar-refractivity contribution < 1.29 is 0 Å². The zero-order valence-electron chi connectivity index (χ0n) is 8.06. The quantitative estimate of drug-likeness (QED) is 0.458. The maximum atomic E-state index is 5.39. The summed E-state index contributed by atoms with van der Waals surface area (Å²) in [5.74, 6) is 6.23. The molecule has 0 fully saturated rings. The molecule has 0 bridgehead atoms. The second-order valence-corrected chi connectivity index (χ2v) is 3.19. The van der Waals surface area contributed by atoms with Gasteiger partial charge in [-0.05, 0) is 18.8 Å². The van der Waals surface area contributed by atoms with Gasteiger partial charge >= 0.3 is 0 Å². The van der Waals surface area contributed by atoms with Crippen LogP contribution in [0.5, 0.6) is 0 Å². The van der Waals surface area contributed by atoms with E-state index in [0.717, 1.165) is 12.3 Å². The summed E-state index contributed by atoms with van der Waals surface area (Å²) in [6.07, 6.45) is 4.90. The number of nitrogens with two attached hydrogens (primary N) is 1. The van der Waals surface area contributed by atoms with Gasteiger partial charge in [0.2, 0.25) is 0 Å². The van der Waals surface area contributed by atoms with Crippen molar-refractivity contribution in [2.45, 2.75) is 52.5 Å². The molecule has 0 aromatic carbocycles. The fourth-order valence-electron chi connectivity index (χ4n) is 1.38. The molecular formula is C9H22N2. The highest BCUT2D eigenvalue weighted by atomic mass is 15.2. The molecule has 0 heterocycles. The highest BCUT2D eigenvalue weighted by Crippen LogP contribution is 2.15. The molecule has 0 saturated carbocycles. The maximum absolute atomic E-state index is 5.39. The highest BCUT2D eigenvalue weighted by molar-refractivity contribution is 4.66. The molecule has 2 nitrogen and oxygen atoms in total. The SMILES string of the molecule is CCC(CC)CC(CC)NN. The largest absolute Gasteiger partial charge is 0.271 e. The molecule has 1 atom stereocenters. The molecule has 0 saturated heterocycles. The van der Waals surface area contributed by atoms with E-state index in [0.29, 0.717) is 6.04 Å². The second kappa shape index (κ2) is 6.62. The van der Waals surface area contributed by atoms with E-state index in [-0.39, 0.29) is 0 Å². The van der Waals surface area contributed by atoms with Crippen molar-refractivity contribution in [2.75, 3.05) is 0 Å². The summed E-state index contributed by atoms with van der Waals surface area (Å²) < 4.78 is 0. The Balaban J connectivity index is 3.58. The summed E-state index contributed by atoms with van der Waals surface area (Å²) in [4.78, 5) is 0. The fourth-order valence-corrected chi connectivity index (χ4v) is 1.38. The Morgan fingerprint density at radius 3 is 1.91 bits per heavy atom. The van der Waals surface area contributed by atoms with Crippen LogP contribution in [0.3, 0.4) is 0 Å². The Labute approximate surface area is 70.5 Å². The van der Waals surface area contributed by atoms with E-state index in [9.17, 15) is 0 Å². The third-order valence-electron chi connectivity index (χ3n) is 2.50. The topological polar surface area (TPSA) is 38.0 Å². The normalized spacial score (nSPS) is 13.9. The Kier molecular flexibility index (Phi) is 6.57. The van der Waals surface area contributed by atoms with Gasteiger partial charge in [-0.1, -0.05) is 33.6 Å². The van der Waals surface area contributed by atoms with Gasteiger partial charge in [-0.25, -0.2) is 0 Å². The van der Waals surface area contributed by atoms with Crippen molar-refractivity contribution in [1.29, 1.82) is 0 Å². The van der Waals surface area contributed by atoms with E-state index in [1.165, 1.54) is 19.3 Å². The first-order valence-corrected chi connectivity index (χ1v) is 4.74. The van der Waals surface area contributed by atoms with Crippen molar-refractivity contribution in [2.24, 2.45) is 11.8 Å². The first-order chi connectivity index (χ1) is 5.28. The molecular weight excluding hydrogens is 136 g/mol. The molecule has 0 aromatic rings. The zero-order chi connectivity index (χ0) is 8.69. The van der Waals surface area contributed by atoms with E-state index in [4.69, 9.17) is 5.84 Å². The van der Waals surface area contributed by atoms with Crippen LogP contribution in [0.4, 0.5) is 0 Å². The lowest BCUT2D eigenvalue weighted by Gasteiger charge is -2.19. The second-order valence-electron chi connectivity index (χ2n) is 3.19. The molecule has 0 aromatic heterocycles. The van der Waals surface area contributed by atoms with Crippen molar-refractivity contribution in [3.63, 3.8) is 0 Å². The predicted molar refractivity (Wildman–Crippen MR) is 50.1 cm³/mol. The summed E-state index contributed by atoms with van der Waals surface area (Å²) in [6, 6.07) is 0.514. The molecule has 0 rings (SSSR count). The summed E-state index contributed by atoms with van der Waals surface area (Å²) in [7, 11) is 0. The van der Waals surface area contributed by atoms with E-state index >= 15 is 0 Å². The van der Waals surface area contributed by atoms with Crippen molar-refractivity contribution in [3.05, 3.63) is 0 Å². The molecule has 0 amide bonds. The predicted octanol–water partition coefficient (Wildman–Crippen LogP) is 2.05. The molecule has 3 N–H and O–H groups in total. The molecule has 0 radical (unpaired) electrons. The van der Waals surface area contributed by atoms with Crippen LogP contribution >= 0.6 is 0 Å². The number of nitrogens with one attached hydrogen (secondary N) is 1. The molecule has 0 aliphatic carbocycles. The van der Waals surface area contributed by atoms with Crippen LogP contribution in [0.15, 0.2) is 0 Å². The van der Waals surface area contributed by atoms with Crippen LogP contribution in [0.25, 0.3) is 0 Å². The first kappa shape index (κ1) is 10.9. The molecule has 11 heavy (non-hydrogen) atoms. The van der Waals surface area contributed by atoms with Crippen LogP contribution < -0.4 is 11.3 Å². The van der Waals surface area contributed by atoms with Crippen molar-refractivity contribution >= 4 is 0 Å². The van der Waals surface area contributed by atoms with Gasteiger partial charge in [0.05, 0.1) is 0 Å². The van der Waals surface area contributed by atoms with Crippen LogP contribution in [0.2, 0.25) is 0 Å². The minimum absolute atomic E-state index is 0.514. The number of hydrazine groups is 1. The minimum atomic E-state index is 0.514. The molecule has 68 valence electrons. The van der Waals surface area contributed by atoms with E-state index in [1.54, 1.807) is 0 Å². The van der Waals surface area contributed by atoms with Gasteiger partial charge in [0.15, 0.2) is 0 Å². The smallest absolute Gasteiger partial charge is 0.0210 e. The minimum Gasteiger partial charge on any atom is -0.271 e. The van der Waals surface area contributed by atoms with Crippen LogP contribution in [0, 0.1) is 5.92 Å². The van der Waals surface area contributed by atoms with E-state index in [2.05, 4.69) is 26.2 Å². The molecule has 1 unspecified atom stereocenters. The molecule has 2 heteroatoms. The van der Waals surface area contributed by atoms with E-state index < -0.39 is 0 Å². The van der Waals surface area contributed by atoms with Gasteiger partial charge in [-0.2, -0.15) is 0 Å². The number of hydrogen-bond donors (Lipinski definition) is 2. The monoisotopic (exact) mass is 158 g/mol. The van der Waals surface area contributed by atoms with Gasteiger partial charge in [0.25, 0.3) is 0 Å². The third-order valence-corrected chi connectivity index (χ3v) is 2.50. The standard InChI is InChI=1S/C9H22N2/c1-4-8(5-2)7-9(6-3)11-10/h8-9,11H,4-7,10H2,1-3H3. The average Bonchev–Trinajstić information content (AvgIpc) is 2.07. The van der Waals surface area contributed by atoms with E-state index in [1.807, 2.05) is 0 Å². The molecule has 0 aliphatic rings. The Hall–Kier alpha value is -0.0800. The molecule has 0 spiro atoms. The third kappa shape index (κ3) is 4.38. The Morgan fingerprint density at radius 2 is 1.64 bits per heavy atom. The van der Waals surface area contributed by atoms with Crippen molar-refractivity contribution in [1.82, 2.24) is 5.43 Å². The maximum Gasteiger partial charge on any atom is 0.0210 e. The Bertz CT molecular complexity index is 65.6. The Morgan fingerprint density at radius 1 is 1.09 bits per heavy atom. The van der Waals surface area contributed by atoms with Gasteiger partial charge in [0, 0.05) is 6.04 Å².